The van der Waals surface area contributed by atoms with Crippen molar-refractivity contribution in [3.8, 4) is 0 Å². The van der Waals surface area contributed by atoms with Crippen LogP contribution >= 0.6 is 0 Å². The molecule has 3 amide bonds. The Morgan fingerprint density at radius 3 is 2.41 bits per heavy atom. The fourth-order valence-electron chi connectivity index (χ4n) is 4.75. The SMILES string of the molecule is CCC(=O)N1[C@H](CO)[C@@H](c2ccccc2)C12CN(C(=O)Nc1ccccc1F)C2. The van der Waals surface area contributed by atoms with Crippen LogP contribution in [-0.4, -0.2) is 58.1 Å². The number of carbonyl (C=O) groups excluding carboxylic acids is 2. The smallest absolute Gasteiger partial charge is 0.322 e. The first-order valence-electron chi connectivity index (χ1n) is 9.80. The Balaban J connectivity index is 1.55. The van der Waals surface area contributed by atoms with Crippen molar-refractivity contribution in [3.05, 3.63) is 66.0 Å². The number of hydrogen-bond donors (Lipinski definition) is 2. The van der Waals surface area contributed by atoms with E-state index in [1.807, 2.05) is 30.3 Å². The minimum Gasteiger partial charge on any atom is -0.394 e. The van der Waals surface area contributed by atoms with Crippen LogP contribution in [0.3, 0.4) is 0 Å². The Kier molecular flexibility index (Phi) is 5.00. The maximum atomic E-state index is 13.8. The number of para-hydroxylation sites is 1. The zero-order valence-electron chi connectivity index (χ0n) is 16.2. The summed E-state index contributed by atoms with van der Waals surface area (Å²) in [6, 6.07) is 15.1. The summed E-state index contributed by atoms with van der Waals surface area (Å²) in [4.78, 5) is 28.5. The van der Waals surface area contributed by atoms with Gasteiger partial charge >= 0.3 is 6.03 Å². The zero-order valence-corrected chi connectivity index (χ0v) is 16.2. The molecular formula is C22H24FN3O3. The summed E-state index contributed by atoms with van der Waals surface area (Å²) >= 11 is 0. The van der Waals surface area contributed by atoms with E-state index in [1.165, 1.54) is 12.1 Å². The molecular weight excluding hydrogens is 373 g/mol. The summed E-state index contributed by atoms with van der Waals surface area (Å²) in [5, 5.41) is 12.6. The zero-order chi connectivity index (χ0) is 20.6. The Morgan fingerprint density at radius 2 is 1.79 bits per heavy atom. The number of nitrogens with zero attached hydrogens (tertiary/aromatic N) is 2. The quantitative estimate of drug-likeness (QED) is 0.833. The maximum Gasteiger partial charge on any atom is 0.322 e. The Morgan fingerprint density at radius 1 is 1.14 bits per heavy atom. The molecule has 2 saturated heterocycles. The molecule has 4 rings (SSSR count). The lowest BCUT2D eigenvalue weighted by atomic mass is 9.60. The van der Waals surface area contributed by atoms with Crippen LogP contribution in [0.2, 0.25) is 0 Å². The average Bonchev–Trinajstić information content (AvgIpc) is 2.69. The molecule has 7 heteroatoms. The normalized spacial score (nSPS) is 22.0. The standard InChI is InChI=1S/C22H24FN3O3/c1-2-19(28)26-18(12-27)20(15-8-4-3-5-9-15)22(26)13-25(14-22)21(29)24-17-11-7-6-10-16(17)23/h3-11,18,20,27H,2,12-14H2,1H3,(H,24,29)/t18-,20-/m1/s1. The number of aliphatic hydroxyl groups excluding tert-OH is 1. The first-order valence-corrected chi connectivity index (χ1v) is 9.80. The van der Waals surface area contributed by atoms with E-state index in [4.69, 9.17) is 0 Å². The van der Waals surface area contributed by atoms with E-state index in [2.05, 4.69) is 5.32 Å². The van der Waals surface area contributed by atoms with Gasteiger partial charge in [-0.05, 0) is 17.7 Å². The molecule has 29 heavy (non-hydrogen) atoms. The minimum atomic E-state index is -0.533. The van der Waals surface area contributed by atoms with Crippen LogP contribution in [0.25, 0.3) is 0 Å². The third-order valence-corrected chi connectivity index (χ3v) is 6.02. The number of likely N-dealkylation sites (tertiary alicyclic amines) is 2. The molecule has 2 atom stereocenters. The second-order valence-electron chi connectivity index (χ2n) is 7.63. The predicted molar refractivity (Wildman–Crippen MR) is 107 cm³/mol. The molecule has 0 unspecified atom stereocenters. The summed E-state index contributed by atoms with van der Waals surface area (Å²) < 4.78 is 13.8. The summed E-state index contributed by atoms with van der Waals surface area (Å²) in [7, 11) is 0. The number of benzene rings is 2. The average molecular weight is 397 g/mol. The second-order valence-corrected chi connectivity index (χ2v) is 7.63. The molecule has 0 aliphatic carbocycles. The Labute approximate surface area is 168 Å². The van der Waals surface area contributed by atoms with E-state index in [1.54, 1.807) is 28.9 Å². The molecule has 2 N–H and O–H groups in total. The lowest BCUT2D eigenvalue weighted by Crippen LogP contribution is -2.86. The Bertz CT molecular complexity index is 915. The minimum absolute atomic E-state index is 0.0367. The van der Waals surface area contributed by atoms with Gasteiger partial charge in [-0.25, -0.2) is 9.18 Å². The molecule has 2 fully saturated rings. The van der Waals surface area contributed by atoms with Gasteiger partial charge in [-0.3, -0.25) is 4.79 Å². The molecule has 2 heterocycles. The summed E-state index contributed by atoms with van der Waals surface area (Å²) in [5.74, 6) is -0.586. The van der Waals surface area contributed by atoms with E-state index in [0.717, 1.165) is 5.56 Å². The number of halogens is 1. The number of anilines is 1. The third-order valence-electron chi connectivity index (χ3n) is 6.02. The van der Waals surface area contributed by atoms with Crippen LogP contribution in [0.1, 0.15) is 24.8 Å². The molecule has 0 bridgehead atoms. The summed E-state index contributed by atoms with van der Waals surface area (Å²) in [6.07, 6.45) is 0.335. The van der Waals surface area contributed by atoms with Crippen molar-refractivity contribution in [2.75, 3.05) is 25.0 Å². The lowest BCUT2D eigenvalue weighted by molar-refractivity contribution is -0.192. The van der Waals surface area contributed by atoms with Gasteiger partial charge in [-0.15, -0.1) is 0 Å². The Hall–Kier alpha value is -2.93. The number of amides is 3. The number of rotatable bonds is 4. The van der Waals surface area contributed by atoms with Gasteiger partial charge in [0.15, 0.2) is 0 Å². The van der Waals surface area contributed by atoms with Crippen molar-refractivity contribution in [2.45, 2.75) is 30.8 Å². The molecule has 2 aromatic rings. The first kappa shape index (κ1) is 19.4. The highest BCUT2D eigenvalue weighted by Crippen LogP contribution is 2.54. The van der Waals surface area contributed by atoms with E-state index >= 15 is 0 Å². The van der Waals surface area contributed by atoms with Gasteiger partial charge in [0, 0.05) is 25.4 Å². The van der Waals surface area contributed by atoms with Crippen molar-refractivity contribution in [1.82, 2.24) is 9.80 Å². The topological polar surface area (TPSA) is 72.9 Å². The molecule has 0 radical (unpaired) electrons. The van der Waals surface area contributed by atoms with Crippen molar-refractivity contribution in [2.24, 2.45) is 0 Å². The number of aliphatic hydroxyl groups is 1. The van der Waals surface area contributed by atoms with Crippen LogP contribution in [0.5, 0.6) is 0 Å². The van der Waals surface area contributed by atoms with Crippen LogP contribution in [0.15, 0.2) is 54.6 Å². The predicted octanol–water partition coefficient (Wildman–Crippen LogP) is 2.81. The highest BCUT2D eigenvalue weighted by atomic mass is 19.1. The van der Waals surface area contributed by atoms with Crippen LogP contribution < -0.4 is 5.32 Å². The number of carbonyl (C=O) groups is 2. The van der Waals surface area contributed by atoms with Crippen LogP contribution in [-0.2, 0) is 4.79 Å². The van der Waals surface area contributed by atoms with Crippen molar-refractivity contribution >= 4 is 17.6 Å². The molecule has 152 valence electrons. The highest BCUT2D eigenvalue weighted by molar-refractivity contribution is 5.91. The number of hydrogen-bond acceptors (Lipinski definition) is 3. The van der Waals surface area contributed by atoms with E-state index in [0.29, 0.717) is 19.5 Å². The van der Waals surface area contributed by atoms with Gasteiger partial charge in [0.25, 0.3) is 0 Å². The second kappa shape index (κ2) is 7.48. The fourth-order valence-corrected chi connectivity index (χ4v) is 4.75. The van der Waals surface area contributed by atoms with Gasteiger partial charge < -0.3 is 20.2 Å². The van der Waals surface area contributed by atoms with Gasteiger partial charge in [0.2, 0.25) is 5.91 Å². The molecule has 6 nitrogen and oxygen atoms in total. The highest BCUT2D eigenvalue weighted by Gasteiger charge is 2.67. The molecule has 2 aromatic carbocycles. The molecule has 2 aliphatic heterocycles. The third kappa shape index (κ3) is 3.06. The largest absolute Gasteiger partial charge is 0.394 e. The van der Waals surface area contributed by atoms with Gasteiger partial charge in [0.05, 0.1) is 23.9 Å². The summed E-state index contributed by atoms with van der Waals surface area (Å²) in [6.45, 7) is 2.35. The molecule has 0 aromatic heterocycles. The van der Waals surface area contributed by atoms with E-state index in [-0.39, 0.29) is 30.2 Å². The van der Waals surface area contributed by atoms with Gasteiger partial charge in [-0.1, -0.05) is 49.4 Å². The molecule has 1 spiro atoms. The first-order chi connectivity index (χ1) is 14.0. The van der Waals surface area contributed by atoms with E-state index in [9.17, 15) is 19.1 Å². The van der Waals surface area contributed by atoms with Crippen molar-refractivity contribution in [3.63, 3.8) is 0 Å². The fraction of sp³-hybridized carbons (Fsp3) is 0.364. The van der Waals surface area contributed by atoms with Crippen molar-refractivity contribution in [1.29, 1.82) is 0 Å². The van der Waals surface area contributed by atoms with Crippen molar-refractivity contribution < 1.29 is 19.1 Å². The maximum absolute atomic E-state index is 13.8. The number of urea groups is 1. The molecule has 2 aliphatic rings. The number of nitrogens with one attached hydrogen (secondary N) is 1. The lowest BCUT2D eigenvalue weighted by Gasteiger charge is -2.70. The van der Waals surface area contributed by atoms with Gasteiger partial charge in [-0.2, -0.15) is 0 Å². The summed E-state index contributed by atoms with van der Waals surface area (Å²) in [5.41, 5.74) is 0.635. The van der Waals surface area contributed by atoms with E-state index < -0.39 is 17.4 Å². The van der Waals surface area contributed by atoms with Crippen LogP contribution in [0.4, 0.5) is 14.9 Å². The van der Waals surface area contributed by atoms with Gasteiger partial charge in [0.1, 0.15) is 5.82 Å². The van der Waals surface area contributed by atoms with Crippen LogP contribution in [0, 0.1) is 5.82 Å². The molecule has 0 saturated carbocycles. The monoisotopic (exact) mass is 397 g/mol.